The second kappa shape index (κ2) is 10.0. The third-order valence-corrected chi connectivity index (χ3v) is 5.45. The van der Waals surface area contributed by atoms with E-state index in [0.29, 0.717) is 5.76 Å². The van der Waals surface area contributed by atoms with E-state index in [0.717, 1.165) is 47.6 Å². The van der Waals surface area contributed by atoms with Crippen LogP contribution >= 0.6 is 24.8 Å². The van der Waals surface area contributed by atoms with Gasteiger partial charge in [0.1, 0.15) is 11.5 Å². The molecule has 1 aliphatic heterocycles. The first-order chi connectivity index (χ1) is 13.5. The van der Waals surface area contributed by atoms with E-state index >= 15 is 0 Å². The first-order valence-electron chi connectivity index (χ1n) is 8.89. The number of aromatic nitrogens is 1. The zero-order valence-corrected chi connectivity index (χ0v) is 18.3. The van der Waals surface area contributed by atoms with Crippen LogP contribution < -0.4 is 5.14 Å². The van der Waals surface area contributed by atoms with Gasteiger partial charge in [0.25, 0.3) is 0 Å². The Kier molecular flexibility index (Phi) is 7.97. The minimum atomic E-state index is -3.71. The highest BCUT2D eigenvalue weighted by Gasteiger charge is 2.15. The number of furan rings is 1. The number of sulfonamides is 1. The summed E-state index contributed by atoms with van der Waals surface area (Å²) in [5, 5.41) is 5.14. The number of aliphatic imine (C=N–C) groups is 1. The Bertz CT molecular complexity index is 1160. The van der Waals surface area contributed by atoms with Crippen molar-refractivity contribution in [2.45, 2.75) is 17.7 Å². The number of primary sulfonamides is 1. The van der Waals surface area contributed by atoms with Crippen molar-refractivity contribution in [3.63, 3.8) is 0 Å². The van der Waals surface area contributed by atoms with Gasteiger partial charge in [-0.3, -0.25) is 9.98 Å². The summed E-state index contributed by atoms with van der Waals surface area (Å²) in [6, 6.07) is 14.0. The number of nitrogens with two attached hydrogens (primary N) is 1. The van der Waals surface area contributed by atoms with E-state index in [1.165, 1.54) is 12.1 Å². The number of rotatable bonds is 4. The van der Waals surface area contributed by atoms with Crippen molar-refractivity contribution in [2.75, 3.05) is 6.54 Å². The smallest absolute Gasteiger partial charge is 0.238 e. The molecule has 3 heterocycles. The average Bonchev–Trinajstić information content (AvgIpc) is 3.17. The van der Waals surface area contributed by atoms with Crippen molar-refractivity contribution in [1.29, 1.82) is 0 Å². The standard InChI is InChI=1S/C21H19N3O3S.2ClH/c22-28(25,26)19-8-5-15(6-9-19)20-10-7-18(27-20)13-16-3-2-12-24-21(16)17-4-1-11-23-14-17;;/h1,4-11,13-14H,2-3,12H2,(H2,22,25,26);2*1H. The largest absolute Gasteiger partial charge is 0.457 e. The maximum absolute atomic E-state index is 11.4. The molecular formula is C21H21Cl2N3O3S. The number of pyridine rings is 1. The average molecular weight is 466 g/mol. The Morgan fingerprint density at radius 2 is 1.77 bits per heavy atom. The van der Waals surface area contributed by atoms with E-state index in [1.807, 2.05) is 36.5 Å². The summed E-state index contributed by atoms with van der Waals surface area (Å²) in [5.74, 6) is 1.38. The van der Waals surface area contributed by atoms with E-state index in [1.54, 1.807) is 18.3 Å². The molecule has 2 N–H and O–H groups in total. The Balaban J connectivity index is 0.00000160. The maximum Gasteiger partial charge on any atom is 0.238 e. The zero-order valence-electron chi connectivity index (χ0n) is 15.9. The van der Waals surface area contributed by atoms with Crippen LogP contribution in [0.25, 0.3) is 17.4 Å². The minimum Gasteiger partial charge on any atom is -0.457 e. The first-order valence-corrected chi connectivity index (χ1v) is 10.4. The summed E-state index contributed by atoms with van der Waals surface area (Å²) < 4.78 is 28.7. The Labute approximate surface area is 187 Å². The molecule has 0 saturated heterocycles. The van der Waals surface area contributed by atoms with Gasteiger partial charge in [-0.1, -0.05) is 0 Å². The second-order valence-electron chi connectivity index (χ2n) is 6.52. The van der Waals surface area contributed by atoms with Crippen LogP contribution in [0.4, 0.5) is 0 Å². The van der Waals surface area contributed by atoms with Crippen molar-refractivity contribution in [1.82, 2.24) is 4.98 Å². The molecule has 0 bridgehead atoms. The molecule has 0 saturated carbocycles. The lowest BCUT2D eigenvalue weighted by molar-refractivity contribution is 0.571. The van der Waals surface area contributed by atoms with Crippen LogP contribution in [-0.2, 0) is 10.0 Å². The number of nitrogens with zero attached hydrogens (tertiary/aromatic N) is 2. The monoisotopic (exact) mass is 465 g/mol. The predicted molar refractivity (Wildman–Crippen MR) is 123 cm³/mol. The lowest BCUT2D eigenvalue weighted by Gasteiger charge is -2.15. The number of halogens is 2. The molecule has 2 aromatic heterocycles. The van der Waals surface area contributed by atoms with Crippen molar-refractivity contribution >= 4 is 46.6 Å². The third-order valence-electron chi connectivity index (χ3n) is 4.52. The molecule has 1 aromatic carbocycles. The Hall–Kier alpha value is -2.45. The third kappa shape index (κ3) is 5.37. The van der Waals surface area contributed by atoms with E-state index in [2.05, 4.69) is 9.98 Å². The summed E-state index contributed by atoms with van der Waals surface area (Å²) in [6.07, 6.45) is 7.49. The fraction of sp³-hybridized carbons (Fsp3) is 0.143. The molecule has 4 rings (SSSR count). The number of hydrogen-bond acceptors (Lipinski definition) is 5. The molecule has 0 amide bonds. The number of hydrogen-bond donors (Lipinski definition) is 1. The molecule has 9 heteroatoms. The molecule has 1 aliphatic rings. The number of benzene rings is 1. The number of allylic oxidation sites excluding steroid dienone is 1. The molecule has 0 radical (unpaired) electrons. The van der Waals surface area contributed by atoms with Crippen LogP contribution in [0.5, 0.6) is 0 Å². The van der Waals surface area contributed by atoms with Crippen LogP contribution in [0.3, 0.4) is 0 Å². The van der Waals surface area contributed by atoms with Crippen molar-refractivity contribution in [3.05, 3.63) is 77.8 Å². The van der Waals surface area contributed by atoms with Crippen LogP contribution in [0.2, 0.25) is 0 Å². The fourth-order valence-corrected chi connectivity index (χ4v) is 3.68. The SMILES string of the molecule is Cl.Cl.NS(=O)(=O)c1ccc(-c2ccc(C=C3CCCN=C3c3cccnc3)o2)cc1. The van der Waals surface area contributed by atoms with Gasteiger partial charge in [0.15, 0.2) is 0 Å². The normalized spacial score (nSPS) is 15.1. The minimum absolute atomic E-state index is 0. The van der Waals surface area contributed by atoms with Gasteiger partial charge in [-0.05, 0) is 73.0 Å². The molecule has 0 atom stereocenters. The van der Waals surface area contributed by atoms with Gasteiger partial charge >= 0.3 is 0 Å². The van der Waals surface area contributed by atoms with E-state index in [-0.39, 0.29) is 29.7 Å². The molecule has 0 aliphatic carbocycles. The van der Waals surface area contributed by atoms with E-state index < -0.39 is 10.0 Å². The molecule has 0 fully saturated rings. The van der Waals surface area contributed by atoms with Gasteiger partial charge in [-0.15, -0.1) is 24.8 Å². The zero-order chi connectivity index (χ0) is 19.6. The van der Waals surface area contributed by atoms with Gasteiger partial charge in [-0.2, -0.15) is 0 Å². The molecule has 158 valence electrons. The highest BCUT2D eigenvalue weighted by atomic mass is 35.5. The van der Waals surface area contributed by atoms with E-state index in [9.17, 15) is 8.42 Å². The van der Waals surface area contributed by atoms with Gasteiger partial charge in [-0.25, -0.2) is 13.6 Å². The molecule has 0 spiro atoms. The van der Waals surface area contributed by atoms with Crippen LogP contribution in [-0.4, -0.2) is 25.7 Å². The van der Waals surface area contributed by atoms with Crippen molar-refractivity contribution < 1.29 is 12.8 Å². The topological polar surface area (TPSA) is 98.6 Å². The van der Waals surface area contributed by atoms with Crippen LogP contribution in [0, 0.1) is 0 Å². The van der Waals surface area contributed by atoms with Crippen molar-refractivity contribution in [2.24, 2.45) is 10.1 Å². The molecular weight excluding hydrogens is 445 g/mol. The highest BCUT2D eigenvalue weighted by Crippen LogP contribution is 2.27. The predicted octanol–water partition coefficient (Wildman–Crippen LogP) is 4.50. The highest BCUT2D eigenvalue weighted by molar-refractivity contribution is 7.89. The maximum atomic E-state index is 11.4. The van der Waals surface area contributed by atoms with Gasteiger partial charge in [0, 0.05) is 30.1 Å². The van der Waals surface area contributed by atoms with Gasteiger partial charge < -0.3 is 4.42 Å². The molecule has 30 heavy (non-hydrogen) atoms. The first kappa shape index (κ1) is 23.8. The summed E-state index contributed by atoms with van der Waals surface area (Å²) >= 11 is 0. The quantitative estimate of drug-likeness (QED) is 0.612. The van der Waals surface area contributed by atoms with E-state index in [4.69, 9.17) is 9.56 Å². The molecule has 0 unspecified atom stereocenters. The Morgan fingerprint density at radius 1 is 1.00 bits per heavy atom. The van der Waals surface area contributed by atoms with Crippen LogP contribution in [0.1, 0.15) is 24.2 Å². The summed E-state index contributed by atoms with van der Waals surface area (Å²) in [5.41, 5.74) is 3.85. The summed E-state index contributed by atoms with van der Waals surface area (Å²) in [4.78, 5) is 8.93. The second-order valence-corrected chi connectivity index (χ2v) is 8.08. The molecule has 3 aromatic rings. The van der Waals surface area contributed by atoms with Gasteiger partial charge in [0.2, 0.25) is 10.0 Å². The Morgan fingerprint density at radius 3 is 2.43 bits per heavy atom. The van der Waals surface area contributed by atoms with Crippen molar-refractivity contribution in [3.8, 4) is 11.3 Å². The summed E-state index contributed by atoms with van der Waals surface area (Å²) in [7, 11) is -3.71. The summed E-state index contributed by atoms with van der Waals surface area (Å²) in [6.45, 7) is 0.807. The fourth-order valence-electron chi connectivity index (χ4n) is 3.17. The van der Waals surface area contributed by atoms with Gasteiger partial charge in [0.05, 0.1) is 10.6 Å². The molecule has 6 nitrogen and oxygen atoms in total. The van der Waals surface area contributed by atoms with Crippen LogP contribution in [0.15, 0.2) is 80.8 Å². The lowest BCUT2D eigenvalue weighted by Crippen LogP contribution is -2.11. The lowest BCUT2D eigenvalue weighted by atomic mass is 9.96.